The van der Waals surface area contributed by atoms with E-state index in [9.17, 15) is 0 Å². The van der Waals surface area contributed by atoms with Gasteiger partial charge < -0.3 is 10.2 Å². The molecule has 50 valence electrons. The van der Waals surface area contributed by atoms with Gasteiger partial charge in [0.2, 0.25) is 0 Å². The van der Waals surface area contributed by atoms with Gasteiger partial charge in [0.25, 0.3) is 0 Å². The summed E-state index contributed by atoms with van der Waals surface area (Å²) >= 11 is 0. The third-order valence-corrected chi connectivity index (χ3v) is 0.224. The molecule has 8 heavy (non-hydrogen) atoms. The van der Waals surface area contributed by atoms with Crippen LogP contribution in [0.1, 0.15) is 20.3 Å². The van der Waals surface area contributed by atoms with Crippen LogP contribution in [-0.4, -0.2) is 23.4 Å². The molecule has 0 bridgehead atoms. The van der Waals surface area contributed by atoms with Crippen LogP contribution in [0, 0.1) is 0 Å². The maximum absolute atomic E-state index is 7.88. The molecule has 0 rings (SSSR count). The minimum absolute atomic E-state index is 0. The first-order chi connectivity index (χ1) is 3.33. The zero-order chi connectivity index (χ0) is 6.12. The Morgan fingerprint density at radius 2 is 1.25 bits per heavy atom. The zero-order valence-corrected chi connectivity index (χ0v) is 7.08. The number of aliphatic hydroxyl groups excluding tert-OH is 2. The predicted molar refractivity (Wildman–Crippen MR) is 30.1 cm³/mol. The Bertz CT molecular complexity index is 17.9. The van der Waals surface area contributed by atoms with Crippen molar-refractivity contribution in [3.05, 3.63) is 0 Å². The van der Waals surface area contributed by atoms with Crippen LogP contribution >= 0.6 is 0 Å². The molecule has 0 amide bonds. The van der Waals surface area contributed by atoms with E-state index < -0.39 is 0 Å². The van der Waals surface area contributed by atoms with E-state index in [-0.39, 0.29) is 28.3 Å². The van der Waals surface area contributed by atoms with Crippen molar-refractivity contribution in [2.24, 2.45) is 0 Å². The minimum atomic E-state index is 0. The van der Waals surface area contributed by atoms with Crippen molar-refractivity contribution in [3.63, 3.8) is 0 Å². The fourth-order valence-electron chi connectivity index (χ4n) is 0. The van der Waals surface area contributed by atoms with Gasteiger partial charge in [-0.05, 0) is 13.3 Å². The van der Waals surface area contributed by atoms with E-state index in [1.807, 2.05) is 6.92 Å². The van der Waals surface area contributed by atoms with Gasteiger partial charge in [0.1, 0.15) is 0 Å². The first-order valence-corrected chi connectivity index (χ1v) is 2.55. The minimum Gasteiger partial charge on any atom is -0.397 e. The summed E-state index contributed by atoms with van der Waals surface area (Å²) in [5.41, 5.74) is 0. The Hall–Kier alpha value is 0.634. The smallest absolute Gasteiger partial charge is 0.0428 e. The summed E-state index contributed by atoms with van der Waals surface area (Å²) in [6, 6.07) is 0. The summed E-state index contributed by atoms with van der Waals surface area (Å²) in [6.45, 7) is 4.18. The maximum atomic E-state index is 7.88. The van der Waals surface area contributed by atoms with Crippen molar-refractivity contribution in [2.75, 3.05) is 13.2 Å². The molecule has 0 radical (unpaired) electrons. The van der Waals surface area contributed by atoms with Crippen molar-refractivity contribution >= 4 is 0 Å². The van der Waals surface area contributed by atoms with Gasteiger partial charge in [-0.1, -0.05) is 6.92 Å². The second kappa shape index (κ2) is 25.4. The second-order valence-corrected chi connectivity index (χ2v) is 1.04. The predicted octanol–water partition coefficient (Wildman–Crippen LogP) is 0.385. The number of hydrogen-bond donors (Lipinski definition) is 2. The van der Waals surface area contributed by atoms with Crippen LogP contribution in [0.15, 0.2) is 0 Å². The van der Waals surface area contributed by atoms with Gasteiger partial charge in [0, 0.05) is 34.9 Å². The quantitative estimate of drug-likeness (QED) is 0.536. The van der Waals surface area contributed by atoms with Crippen molar-refractivity contribution < 1.29 is 31.9 Å². The number of rotatable bonds is 1. The van der Waals surface area contributed by atoms with E-state index in [1.54, 1.807) is 6.92 Å². The van der Waals surface area contributed by atoms with Gasteiger partial charge in [0.15, 0.2) is 0 Å². The molecule has 2 nitrogen and oxygen atoms in total. The topological polar surface area (TPSA) is 40.5 Å². The van der Waals surface area contributed by atoms with E-state index in [2.05, 4.69) is 0 Å². The summed E-state index contributed by atoms with van der Waals surface area (Å²) in [5, 5.41) is 15.4. The van der Waals surface area contributed by atoms with Gasteiger partial charge in [-0.2, -0.15) is 0 Å². The Balaban J connectivity index is -0.0000000575. The van der Waals surface area contributed by atoms with Crippen molar-refractivity contribution in [1.82, 2.24) is 0 Å². The third kappa shape index (κ3) is 78.9. The average Bonchev–Trinajstić information content (AvgIpc) is 1.69. The fourth-order valence-corrected chi connectivity index (χ4v) is 0. The van der Waals surface area contributed by atoms with Crippen molar-refractivity contribution in [3.8, 4) is 0 Å². The molecule has 0 saturated heterocycles. The first kappa shape index (κ1) is 15.9. The normalized spacial score (nSPS) is 6.00. The fraction of sp³-hybridized carbons (Fsp3) is 1.00. The number of hydrogen-bond acceptors (Lipinski definition) is 2. The molecule has 3 heteroatoms. The third-order valence-electron chi connectivity index (χ3n) is 0.224. The summed E-state index contributed by atoms with van der Waals surface area (Å²) in [5.74, 6) is 0. The molecule has 0 aromatic carbocycles. The summed E-state index contributed by atoms with van der Waals surface area (Å²) in [4.78, 5) is 0. The first-order valence-electron chi connectivity index (χ1n) is 2.55. The Morgan fingerprint density at radius 1 is 1.12 bits per heavy atom. The molecular weight excluding hydrogens is 140 g/mol. The van der Waals surface area contributed by atoms with Crippen LogP contribution < -0.4 is 0 Å². The molecule has 0 aliphatic carbocycles. The Morgan fingerprint density at radius 3 is 1.25 bits per heavy atom. The second-order valence-electron chi connectivity index (χ2n) is 1.04. The van der Waals surface area contributed by atoms with Gasteiger partial charge in [-0.15, -0.1) is 0 Å². The van der Waals surface area contributed by atoms with Crippen LogP contribution in [0.5, 0.6) is 0 Å². The summed E-state index contributed by atoms with van der Waals surface area (Å²) in [7, 11) is 0. The molecule has 0 unspecified atom stereocenters. The molecule has 0 heterocycles. The SMILES string of the molecule is CCCO.CCO.[Ti]. The van der Waals surface area contributed by atoms with E-state index in [0.717, 1.165) is 6.42 Å². The van der Waals surface area contributed by atoms with Gasteiger partial charge >= 0.3 is 0 Å². The molecular formula is C5H14O2Ti. The van der Waals surface area contributed by atoms with Gasteiger partial charge in [-0.3, -0.25) is 0 Å². The molecule has 0 atom stereocenters. The standard InChI is InChI=1S/C3H8O.C2H6O.Ti/c1-2-3-4;1-2-3;/h4H,2-3H2,1H3;3H,2H2,1H3;. The van der Waals surface area contributed by atoms with E-state index in [0.29, 0.717) is 6.61 Å². The van der Waals surface area contributed by atoms with Crippen LogP contribution in [0.25, 0.3) is 0 Å². The van der Waals surface area contributed by atoms with E-state index in [4.69, 9.17) is 10.2 Å². The van der Waals surface area contributed by atoms with Crippen molar-refractivity contribution in [2.45, 2.75) is 20.3 Å². The van der Waals surface area contributed by atoms with E-state index >= 15 is 0 Å². The van der Waals surface area contributed by atoms with Gasteiger partial charge in [0.05, 0.1) is 0 Å². The molecule has 0 fully saturated rings. The monoisotopic (exact) mass is 154 g/mol. The van der Waals surface area contributed by atoms with Crippen molar-refractivity contribution in [1.29, 1.82) is 0 Å². The molecule has 0 saturated carbocycles. The number of aliphatic hydroxyl groups is 2. The van der Waals surface area contributed by atoms with Crippen LogP contribution in [-0.2, 0) is 21.7 Å². The zero-order valence-electron chi connectivity index (χ0n) is 5.52. The summed E-state index contributed by atoms with van der Waals surface area (Å²) < 4.78 is 0. The van der Waals surface area contributed by atoms with Crippen LogP contribution in [0.4, 0.5) is 0 Å². The molecule has 0 aliphatic rings. The Kier molecular flexibility index (Phi) is 50.4. The van der Waals surface area contributed by atoms with E-state index in [1.165, 1.54) is 0 Å². The largest absolute Gasteiger partial charge is 0.397 e. The van der Waals surface area contributed by atoms with Crippen LogP contribution in [0.3, 0.4) is 0 Å². The average molecular weight is 154 g/mol. The van der Waals surface area contributed by atoms with Gasteiger partial charge in [-0.25, -0.2) is 0 Å². The molecule has 0 aromatic heterocycles. The molecule has 0 spiro atoms. The maximum Gasteiger partial charge on any atom is 0.0428 e. The summed E-state index contributed by atoms with van der Waals surface area (Å²) in [6.07, 6.45) is 0.875. The van der Waals surface area contributed by atoms with Crippen LogP contribution in [0.2, 0.25) is 0 Å². The molecule has 0 aromatic rings. The Labute approximate surface area is 65.8 Å². The molecule has 0 aliphatic heterocycles. The molecule has 2 N–H and O–H groups in total.